The highest BCUT2D eigenvalue weighted by molar-refractivity contribution is 14.1. The minimum Gasteiger partial charge on any atom is -0.234 e. The molecule has 2 rings (SSSR count). The van der Waals surface area contributed by atoms with Crippen LogP contribution < -0.4 is 0 Å². The number of alkyl halides is 3. The first kappa shape index (κ1) is 15.6. The molecule has 0 saturated carbocycles. The summed E-state index contributed by atoms with van der Waals surface area (Å²) in [4.78, 5) is 3.66. The van der Waals surface area contributed by atoms with Crippen LogP contribution in [0.4, 0.5) is 18.9 Å². The third kappa shape index (κ3) is 4.60. The number of halogens is 4. The lowest BCUT2D eigenvalue weighted by Gasteiger charge is -2.05. The van der Waals surface area contributed by atoms with Crippen LogP contribution in [0.2, 0.25) is 0 Å². The van der Waals surface area contributed by atoms with Crippen molar-refractivity contribution < 1.29 is 13.2 Å². The Morgan fingerprint density at radius 2 is 1.57 bits per heavy atom. The molecule has 0 aliphatic heterocycles. The van der Waals surface area contributed by atoms with Crippen molar-refractivity contribution in [2.24, 2.45) is 4.99 Å². The van der Waals surface area contributed by atoms with Crippen molar-refractivity contribution in [1.82, 2.24) is 0 Å². The lowest BCUT2D eigenvalue weighted by Crippen LogP contribution is -2.21. The molecule has 0 radical (unpaired) electrons. The van der Waals surface area contributed by atoms with Crippen LogP contribution in [0.1, 0.15) is 5.56 Å². The van der Waals surface area contributed by atoms with Gasteiger partial charge < -0.3 is 0 Å². The Hall–Kier alpha value is -1.81. The van der Waals surface area contributed by atoms with Gasteiger partial charge in [0.1, 0.15) is 0 Å². The van der Waals surface area contributed by atoms with Gasteiger partial charge >= 0.3 is 6.18 Å². The van der Waals surface area contributed by atoms with Crippen LogP contribution in [0.15, 0.2) is 59.6 Å². The van der Waals surface area contributed by atoms with E-state index in [0.717, 1.165) is 0 Å². The van der Waals surface area contributed by atoms with Crippen molar-refractivity contribution in [1.29, 1.82) is 0 Å². The third-order valence-electron chi connectivity index (χ3n) is 2.45. The molecular formula is C16H9F3IN. The molecule has 0 aromatic heterocycles. The van der Waals surface area contributed by atoms with Crippen molar-refractivity contribution in [2.45, 2.75) is 6.18 Å². The Bertz CT molecular complexity index is 710. The number of benzene rings is 2. The summed E-state index contributed by atoms with van der Waals surface area (Å²) < 4.78 is 39.7. The summed E-state index contributed by atoms with van der Waals surface area (Å²) in [5, 5.41) is 0. The number of aliphatic imine (C=N–C) groups is 1. The fraction of sp³-hybridized carbons (Fsp3) is 0.0625. The summed E-state index contributed by atoms with van der Waals surface area (Å²) in [6.07, 6.45) is -4.58. The first-order chi connectivity index (χ1) is 9.97. The van der Waals surface area contributed by atoms with Gasteiger partial charge in [0.05, 0.1) is 5.69 Å². The standard InChI is InChI=1S/C16H9F3IN/c17-16(18,19)15(11-10-12-6-2-1-3-7-12)21-14-9-5-4-8-13(14)20/h1-9H. The van der Waals surface area contributed by atoms with E-state index in [1.807, 2.05) is 22.6 Å². The molecule has 0 heterocycles. The molecule has 5 heteroatoms. The fourth-order valence-electron chi connectivity index (χ4n) is 1.48. The molecule has 0 N–H and O–H groups in total. The molecule has 21 heavy (non-hydrogen) atoms. The van der Waals surface area contributed by atoms with Crippen molar-refractivity contribution in [3.05, 3.63) is 63.7 Å². The van der Waals surface area contributed by atoms with Gasteiger partial charge in [-0.1, -0.05) is 36.3 Å². The Balaban J connectivity index is 2.42. The molecule has 0 atom stereocenters. The van der Waals surface area contributed by atoms with E-state index >= 15 is 0 Å². The quantitative estimate of drug-likeness (QED) is 0.365. The Morgan fingerprint density at radius 1 is 0.952 bits per heavy atom. The highest BCUT2D eigenvalue weighted by Gasteiger charge is 2.35. The summed E-state index contributed by atoms with van der Waals surface area (Å²) >= 11 is 1.94. The van der Waals surface area contributed by atoms with Gasteiger partial charge in [0.25, 0.3) is 0 Å². The topological polar surface area (TPSA) is 12.4 Å². The Morgan fingerprint density at radius 3 is 2.19 bits per heavy atom. The molecule has 2 aromatic carbocycles. The Kier molecular flexibility index (Phi) is 5.02. The van der Waals surface area contributed by atoms with E-state index in [4.69, 9.17) is 0 Å². The van der Waals surface area contributed by atoms with Gasteiger partial charge in [-0.3, -0.25) is 0 Å². The minimum atomic E-state index is -4.58. The first-order valence-corrected chi connectivity index (χ1v) is 7.02. The smallest absolute Gasteiger partial charge is 0.234 e. The monoisotopic (exact) mass is 399 g/mol. The summed E-state index contributed by atoms with van der Waals surface area (Å²) in [6, 6.07) is 15.1. The van der Waals surface area contributed by atoms with Crippen LogP contribution in [-0.4, -0.2) is 11.9 Å². The van der Waals surface area contributed by atoms with Crippen molar-refractivity contribution >= 4 is 34.0 Å². The number of para-hydroxylation sites is 1. The van der Waals surface area contributed by atoms with E-state index in [-0.39, 0.29) is 5.69 Å². The highest BCUT2D eigenvalue weighted by Crippen LogP contribution is 2.25. The average molecular weight is 399 g/mol. The zero-order valence-corrected chi connectivity index (χ0v) is 12.8. The largest absolute Gasteiger partial charge is 0.441 e. The van der Waals surface area contributed by atoms with Gasteiger partial charge in [0.15, 0.2) is 5.71 Å². The van der Waals surface area contributed by atoms with Crippen LogP contribution in [-0.2, 0) is 0 Å². The second kappa shape index (κ2) is 6.76. The molecule has 1 nitrogen and oxygen atoms in total. The predicted octanol–water partition coefficient (Wildman–Crippen LogP) is 4.98. The zero-order chi connectivity index (χ0) is 15.3. The molecule has 106 valence electrons. The van der Waals surface area contributed by atoms with E-state index in [1.54, 1.807) is 48.5 Å². The second-order valence-electron chi connectivity index (χ2n) is 4.03. The lowest BCUT2D eigenvalue weighted by molar-refractivity contribution is -0.0571. The van der Waals surface area contributed by atoms with Crippen LogP contribution in [0.25, 0.3) is 0 Å². The van der Waals surface area contributed by atoms with Crippen LogP contribution in [0.5, 0.6) is 0 Å². The average Bonchev–Trinajstić information content (AvgIpc) is 2.45. The molecule has 0 bridgehead atoms. The number of hydrogen-bond acceptors (Lipinski definition) is 1. The summed E-state index contributed by atoms with van der Waals surface area (Å²) in [5.74, 6) is 4.61. The van der Waals surface area contributed by atoms with Crippen molar-refractivity contribution in [2.75, 3.05) is 0 Å². The van der Waals surface area contributed by atoms with Crippen molar-refractivity contribution in [3.8, 4) is 11.8 Å². The number of nitrogens with zero attached hydrogens (tertiary/aromatic N) is 1. The molecule has 0 spiro atoms. The van der Waals surface area contributed by atoms with Gasteiger partial charge in [-0.15, -0.1) is 0 Å². The number of hydrogen-bond donors (Lipinski definition) is 0. The number of rotatable bonds is 1. The fourth-order valence-corrected chi connectivity index (χ4v) is 1.99. The molecule has 0 aliphatic rings. The first-order valence-electron chi connectivity index (χ1n) is 5.94. The maximum Gasteiger partial charge on any atom is 0.441 e. The summed E-state index contributed by atoms with van der Waals surface area (Å²) in [7, 11) is 0. The molecular weight excluding hydrogens is 390 g/mol. The molecule has 0 aliphatic carbocycles. The molecule has 0 amide bonds. The molecule has 0 fully saturated rings. The predicted molar refractivity (Wildman–Crippen MR) is 85.6 cm³/mol. The second-order valence-corrected chi connectivity index (χ2v) is 5.19. The van der Waals surface area contributed by atoms with Crippen LogP contribution in [0, 0.1) is 15.4 Å². The maximum atomic E-state index is 13.0. The van der Waals surface area contributed by atoms with E-state index in [2.05, 4.69) is 16.8 Å². The van der Waals surface area contributed by atoms with Gasteiger partial charge in [0, 0.05) is 9.13 Å². The Labute approximate surface area is 134 Å². The van der Waals surface area contributed by atoms with Gasteiger partial charge in [-0.2, -0.15) is 13.2 Å². The summed E-state index contributed by atoms with van der Waals surface area (Å²) in [5.41, 5.74) is -0.333. The SMILES string of the molecule is FC(F)(F)C(C#Cc1ccccc1)=Nc1ccccc1I. The third-order valence-corrected chi connectivity index (χ3v) is 3.36. The van der Waals surface area contributed by atoms with E-state index < -0.39 is 11.9 Å². The van der Waals surface area contributed by atoms with E-state index in [9.17, 15) is 13.2 Å². The molecule has 0 unspecified atom stereocenters. The minimum absolute atomic E-state index is 0.257. The van der Waals surface area contributed by atoms with Crippen LogP contribution in [0.3, 0.4) is 0 Å². The zero-order valence-electron chi connectivity index (χ0n) is 10.7. The lowest BCUT2D eigenvalue weighted by atomic mass is 10.2. The highest BCUT2D eigenvalue weighted by atomic mass is 127. The molecule has 0 saturated heterocycles. The molecule has 2 aromatic rings. The van der Waals surface area contributed by atoms with Gasteiger partial charge in [0.2, 0.25) is 0 Å². The van der Waals surface area contributed by atoms with Gasteiger partial charge in [-0.05, 0) is 52.8 Å². The van der Waals surface area contributed by atoms with Gasteiger partial charge in [-0.25, -0.2) is 4.99 Å². The van der Waals surface area contributed by atoms with E-state index in [1.165, 1.54) is 6.07 Å². The maximum absolute atomic E-state index is 13.0. The normalized spacial score (nSPS) is 11.7. The van der Waals surface area contributed by atoms with Crippen molar-refractivity contribution in [3.63, 3.8) is 0 Å². The van der Waals surface area contributed by atoms with E-state index in [0.29, 0.717) is 9.13 Å². The summed E-state index contributed by atoms with van der Waals surface area (Å²) in [6.45, 7) is 0. The van der Waals surface area contributed by atoms with Crippen LogP contribution >= 0.6 is 22.6 Å².